The van der Waals surface area contributed by atoms with Crippen LogP contribution in [0.3, 0.4) is 0 Å². The standard InChI is InChI=1S/C24H32ClF2N5O5/c1-22(2,3)37-21(33)28-9-13-8-24(26,27)11-31(13)10-15-16-17(36-23(4,5)35-16)20(34-15)32-7-6-14-18(25)29-12-30-19(14)32/h6-7,12-13,15-17,20H,8-11H2,1-5H3,(H,28,33)/t13-,15+,16+,17+,20+/m0/s1. The van der Waals surface area contributed by atoms with Gasteiger partial charge >= 0.3 is 6.09 Å². The van der Waals surface area contributed by atoms with Crippen molar-refractivity contribution in [3.63, 3.8) is 0 Å². The number of carbonyl (C=O) groups is 1. The lowest BCUT2D eigenvalue weighted by molar-refractivity contribution is -0.198. The molecule has 2 aromatic rings. The van der Waals surface area contributed by atoms with E-state index in [4.69, 9.17) is 30.5 Å². The quantitative estimate of drug-likeness (QED) is 0.569. The summed E-state index contributed by atoms with van der Waals surface area (Å²) in [6.07, 6.45) is -0.0280. The molecule has 0 aromatic carbocycles. The molecule has 0 saturated carbocycles. The van der Waals surface area contributed by atoms with Crippen molar-refractivity contribution in [3.8, 4) is 0 Å². The van der Waals surface area contributed by atoms with E-state index in [1.807, 2.05) is 18.4 Å². The lowest BCUT2D eigenvalue weighted by Gasteiger charge is -2.30. The maximum atomic E-state index is 14.5. The fourth-order valence-corrected chi connectivity index (χ4v) is 5.49. The summed E-state index contributed by atoms with van der Waals surface area (Å²) in [5.41, 5.74) is -0.111. The number of likely N-dealkylation sites (tertiary alicyclic amines) is 1. The number of alkyl halides is 2. The lowest BCUT2D eigenvalue weighted by atomic mass is 10.1. The molecule has 5 rings (SSSR count). The Bertz CT molecular complexity index is 1170. The summed E-state index contributed by atoms with van der Waals surface area (Å²) in [5.74, 6) is -3.77. The molecule has 0 radical (unpaired) electrons. The molecule has 204 valence electrons. The number of amides is 1. The highest BCUT2D eigenvalue weighted by atomic mass is 35.5. The second kappa shape index (κ2) is 9.26. The number of nitrogens with one attached hydrogen (secondary N) is 1. The van der Waals surface area contributed by atoms with Gasteiger partial charge in [-0.25, -0.2) is 23.5 Å². The van der Waals surface area contributed by atoms with Gasteiger partial charge in [-0.2, -0.15) is 0 Å². The number of nitrogens with zero attached hydrogens (tertiary/aromatic N) is 4. The van der Waals surface area contributed by atoms with Crippen LogP contribution in [-0.4, -0.2) is 86.8 Å². The zero-order valence-electron chi connectivity index (χ0n) is 21.4. The first-order valence-corrected chi connectivity index (χ1v) is 12.7. The molecule has 3 fully saturated rings. The van der Waals surface area contributed by atoms with E-state index in [0.29, 0.717) is 16.2 Å². The molecule has 0 bridgehead atoms. The molecular formula is C24H32ClF2N5O5. The van der Waals surface area contributed by atoms with Crippen molar-refractivity contribution < 1.29 is 32.5 Å². The Morgan fingerprint density at radius 1 is 1.27 bits per heavy atom. The van der Waals surface area contributed by atoms with Crippen molar-refractivity contribution >= 4 is 28.7 Å². The van der Waals surface area contributed by atoms with Crippen LogP contribution in [0, 0.1) is 0 Å². The number of rotatable bonds is 5. The normalized spacial score (nSPS) is 31.1. The third-order valence-electron chi connectivity index (χ3n) is 6.64. The fraction of sp³-hybridized carbons (Fsp3) is 0.708. The Morgan fingerprint density at radius 3 is 2.73 bits per heavy atom. The molecule has 10 nitrogen and oxygen atoms in total. The van der Waals surface area contributed by atoms with Gasteiger partial charge in [-0.15, -0.1) is 0 Å². The van der Waals surface area contributed by atoms with E-state index in [0.717, 1.165) is 0 Å². The first kappa shape index (κ1) is 26.5. The maximum absolute atomic E-state index is 14.5. The van der Waals surface area contributed by atoms with E-state index in [9.17, 15) is 13.6 Å². The van der Waals surface area contributed by atoms with Gasteiger partial charge < -0.3 is 28.8 Å². The Morgan fingerprint density at radius 2 is 2.00 bits per heavy atom. The number of alkyl carbamates (subject to hydrolysis) is 1. The first-order valence-electron chi connectivity index (χ1n) is 12.3. The van der Waals surface area contributed by atoms with Crippen molar-refractivity contribution in [1.82, 2.24) is 24.8 Å². The topological polar surface area (TPSA) is 100.0 Å². The second-order valence-corrected chi connectivity index (χ2v) is 11.6. The highest BCUT2D eigenvalue weighted by molar-refractivity contribution is 6.33. The smallest absolute Gasteiger partial charge is 0.407 e. The largest absolute Gasteiger partial charge is 0.444 e. The summed E-state index contributed by atoms with van der Waals surface area (Å²) in [6, 6.07) is 1.20. The molecule has 13 heteroatoms. The first-order chi connectivity index (χ1) is 17.2. The van der Waals surface area contributed by atoms with Crippen molar-refractivity contribution in [2.24, 2.45) is 0 Å². The van der Waals surface area contributed by atoms with E-state index in [-0.39, 0.29) is 19.5 Å². The van der Waals surface area contributed by atoms with Crippen molar-refractivity contribution in [2.75, 3.05) is 19.6 Å². The average molecular weight is 544 g/mol. The van der Waals surface area contributed by atoms with Gasteiger partial charge in [0.2, 0.25) is 0 Å². The minimum Gasteiger partial charge on any atom is -0.444 e. The zero-order valence-corrected chi connectivity index (χ0v) is 22.2. The molecule has 3 aliphatic rings. The van der Waals surface area contributed by atoms with Crippen LogP contribution in [-0.2, 0) is 18.9 Å². The Balaban J connectivity index is 1.34. The second-order valence-electron chi connectivity index (χ2n) is 11.3. The Labute approximate surface area is 218 Å². The summed E-state index contributed by atoms with van der Waals surface area (Å²) in [7, 11) is 0. The molecular weight excluding hydrogens is 512 g/mol. The van der Waals surface area contributed by atoms with E-state index in [1.54, 1.807) is 37.9 Å². The SMILES string of the molecule is CC(C)(C)OC(=O)NC[C@@H]1CC(F)(F)CN1C[C@H]1O[C@@H](n2ccc3c(Cl)ncnc32)[C@@H]2OC(C)(C)O[C@@H]21. The van der Waals surface area contributed by atoms with Gasteiger partial charge in [0.15, 0.2) is 12.0 Å². The molecule has 0 aliphatic carbocycles. The highest BCUT2D eigenvalue weighted by Gasteiger charge is 2.57. The fourth-order valence-electron chi connectivity index (χ4n) is 5.30. The zero-order chi connectivity index (χ0) is 26.8. The van der Waals surface area contributed by atoms with Gasteiger partial charge in [0.25, 0.3) is 5.92 Å². The minimum atomic E-state index is -2.89. The van der Waals surface area contributed by atoms with Crippen molar-refractivity contribution in [2.45, 2.75) is 88.9 Å². The lowest BCUT2D eigenvalue weighted by Crippen LogP contribution is -2.46. The van der Waals surface area contributed by atoms with Crippen LogP contribution in [0.4, 0.5) is 13.6 Å². The number of halogens is 3. The highest BCUT2D eigenvalue weighted by Crippen LogP contribution is 2.45. The monoisotopic (exact) mass is 543 g/mol. The van der Waals surface area contributed by atoms with Crippen LogP contribution in [0.1, 0.15) is 47.3 Å². The Hall–Kier alpha value is -2.12. The number of ether oxygens (including phenoxy) is 4. The van der Waals surface area contributed by atoms with Crippen molar-refractivity contribution in [3.05, 3.63) is 23.7 Å². The number of aromatic nitrogens is 3. The summed E-state index contributed by atoms with van der Waals surface area (Å²) in [5, 5.41) is 3.61. The van der Waals surface area contributed by atoms with E-state index in [2.05, 4.69) is 15.3 Å². The van der Waals surface area contributed by atoms with Gasteiger partial charge in [0, 0.05) is 31.7 Å². The van der Waals surface area contributed by atoms with Crippen LogP contribution in [0.25, 0.3) is 11.0 Å². The molecule has 0 spiro atoms. The van der Waals surface area contributed by atoms with Crippen LogP contribution in [0.2, 0.25) is 5.15 Å². The van der Waals surface area contributed by atoms with Gasteiger partial charge in [-0.1, -0.05) is 11.6 Å². The summed E-state index contributed by atoms with van der Waals surface area (Å²) < 4.78 is 54.8. The van der Waals surface area contributed by atoms with Crippen LogP contribution < -0.4 is 5.32 Å². The molecule has 37 heavy (non-hydrogen) atoms. The third-order valence-corrected chi connectivity index (χ3v) is 6.94. The van der Waals surface area contributed by atoms with Crippen LogP contribution in [0.15, 0.2) is 18.6 Å². The number of hydrogen-bond donors (Lipinski definition) is 1. The minimum absolute atomic E-state index is 0.0231. The molecule has 5 atom stereocenters. The molecule has 3 saturated heterocycles. The molecule has 1 amide bonds. The Kier molecular flexibility index (Phi) is 6.63. The summed E-state index contributed by atoms with van der Waals surface area (Å²) in [4.78, 5) is 22.1. The van der Waals surface area contributed by atoms with Gasteiger partial charge in [-0.05, 0) is 40.7 Å². The molecule has 0 unspecified atom stereocenters. The summed E-state index contributed by atoms with van der Waals surface area (Å²) >= 11 is 6.23. The van der Waals surface area contributed by atoms with E-state index in [1.165, 1.54) is 6.33 Å². The predicted molar refractivity (Wildman–Crippen MR) is 129 cm³/mol. The number of hydrogen-bond acceptors (Lipinski definition) is 8. The molecule has 1 N–H and O–H groups in total. The van der Waals surface area contributed by atoms with E-state index >= 15 is 0 Å². The number of fused-ring (bicyclic) bond motifs is 2. The number of carbonyl (C=O) groups excluding carboxylic acids is 1. The van der Waals surface area contributed by atoms with Gasteiger partial charge in [-0.3, -0.25) is 4.90 Å². The molecule has 2 aromatic heterocycles. The predicted octanol–water partition coefficient (Wildman–Crippen LogP) is 3.74. The van der Waals surface area contributed by atoms with Crippen molar-refractivity contribution in [1.29, 1.82) is 0 Å². The van der Waals surface area contributed by atoms with E-state index < -0.39 is 60.5 Å². The third kappa shape index (κ3) is 5.53. The molecule has 5 heterocycles. The maximum Gasteiger partial charge on any atom is 0.407 e. The average Bonchev–Trinajstić information content (AvgIpc) is 3.47. The van der Waals surface area contributed by atoms with Gasteiger partial charge in [0.05, 0.1) is 11.9 Å². The van der Waals surface area contributed by atoms with Gasteiger partial charge in [0.1, 0.15) is 41.0 Å². The molecule has 3 aliphatic heterocycles. The summed E-state index contributed by atoms with van der Waals surface area (Å²) in [6.45, 7) is 8.59. The van der Waals surface area contributed by atoms with Crippen LogP contribution in [0.5, 0.6) is 0 Å². The van der Waals surface area contributed by atoms with Crippen LogP contribution >= 0.6 is 11.6 Å².